The van der Waals surface area contributed by atoms with Gasteiger partial charge in [0.05, 0.1) is 13.2 Å². The Bertz CT molecular complexity index is 1180. The zero-order chi connectivity index (χ0) is 25.9. The summed E-state index contributed by atoms with van der Waals surface area (Å²) in [7, 11) is 0. The Labute approximate surface area is 209 Å². The van der Waals surface area contributed by atoms with Crippen molar-refractivity contribution in [2.45, 2.75) is 13.8 Å². The highest BCUT2D eigenvalue weighted by atomic mass is 16.5. The van der Waals surface area contributed by atoms with Gasteiger partial charge in [-0.25, -0.2) is 9.59 Å². The third-order valence-electron chi connectivity index (χ3n) is 5.11. The van der Waals surface area contributed by atoms with Gasteiger partial charge in [0, 0.05) is 11.1 Å². The third-order valence-corrected chi connectivity index (χ3v) is 5.11. The Balaban J connectivity index is 1.95. The molecule has 0 aliphatic rings. The molecule has 0 saturated heterocycles. The summed E-state index contributed by atoms with van der Waals surface area (Å²) in [6, 6.07) is 23.7. The maximum absolute atomic E-state index is 13.0. The molecule has 6 heteroatoms. The van der Waals surface area contributed by atoms with Gasteiger partial charge in [0.25, 0.3) is 0 Å². The number of ether oxygens (including phenoxy) is 2. The first-order valence-corrected chi connectivity index (χ1v) is 11.5. The largest absolute Gasteiger partial charge is 0.462 e. The lowest BCUT2D eigenvalue weighted by atomic mass is 9.99. The van der Waals surface area contributed by atoms with Gasteiger partial charge in [0.2, 0.25) is 0 Å². The van der Waals surface area contributed by atoms with Crippen molar-refractivity contribution in [1.82, 2.24) is 0 Å². The van der Waals surface area contributed by atoms with E-state index in [1.54, 1.807) is 98.8 Å². The minimum atomic E-state index is -0.714. The summed E-state index contributed by atoms with van der Waals surface area (Å²) in [5.74, 6) is -2.33. The molecule has 182 valence electrons. The molecule has 0 N–H and O–H groups in total. The van der Waals surface area contributed by atoms with Crippen molar-refractivity contribution in [3.8, 4) is 0 Å². The molecule has 0 unspecified atom stereocenters. The molecule has 0 bridgehead atoms. The van der Waals surface area contributed by atoms with Gasteiger partial charge in [0.1, 0.15) is 11.1 Å². The minimum Gasteiger partial charge on any atom is -0.462 e. The number of ketones is 2. The molecule has 36 heavy (non-hydrogen) atoms. The molecule has 0 radical (unpaired) electrons. The first-order valence-electron chi connectivity index (χ1n) is 11.5. The lowest BCUT2D eigenvalue weighted by molar-refractivity contribution is -0.138. The van der Waals surface area contributed by atoms with Crippen LogP contribution in [0, 0.1) is 0 Å². The van der Waals surface area contributed by atoms with Crippen molar-refractivity contribution in [2.24, 2.45) is 0 Å². The van der Waals surface area contributed by atoms with Crippen molar-refractivity contribution >= 4 is 35.7 Å². The Morgan fingerprint density at radius 1 is 0.556 bits per heavy atom. The van der Waals surface area contributed by atoms with E-state index in [2.05, 4.69) is 0 Å². The molecule has 0 amide bonds. The molecular weight excluding hydrogens is 456 g/mol. The van der Waals surface area contributed by atoms with Crippen LogP contribution in [0.15, 0.2) is 96.1 Å². The Morgan fingerprint density at radius 2 is 0.889 bits per heavy atom. The number of rotatable bonds is 10. The Kier molecular flexibility index (Phi) is 9.23. The summed E-state index contributed by atoms with van der Waals surface area (Å²) in [6.07, 6.45) is 2.92. The molecule has 0 fully saturated rings. The first kappa shape index (κ1) is 26.0. The standard InChI is InChI=1S/C30H26O6/c1-3-35-29(33)25(27(31)23-11-7-5-8-12-23)19-21-15-17-22(18-16-21)20-26(30(34)36-4-2)28(32)24-13-9-6-10-14-24/h5-20H,3-4H2,1-2H3/b25-19-,26-20-. The van der Waals surface area contributed by atoms with Gasteiger partial charge < -0.3 is 9.47 Å². The van der Waals surface area contributed by atoms with Crippen molar-refractivity contribution in [2.75, 3.05) is 13.2 Å². The predicted molar refractivity (Wildman–Crippen MR) is 137 cm³/mol. The highest BCUT2D eigenvalue weighted by Gasteiger charge is 2.22. The fourth-order valence-corrected chi connectivity index (χ4v) is 3.36. The topological polar surface area (TPSA) is 86.7 Å². The molecule has 3 rings (SSSR count). The fourth-order valence-electron chi connectivity index (χ4n) is 3.36. The summed E-state index contributed by atoms with van der Waals surface area (Å²) in [5.41, 5.74) is 1.69. The van der Waals surface area contributed by atoms with E-state index >= 15 is 0 Å². The van der Waals surface area contributed by atoms with Crippen LogP contribution in [-0.4, -0.2) is 36.7 Å². The van der Waals surface area contributed by atoms with E-state index in [1.807, 2.05) is 0 Å². The third kappa shape index (κ3) is 6.73. The minimum absolute atomic E-state index is 0.0992. The van der Waals surface area contributed by atoms with Crippen LogP contribution < -0.4 is 0 Å². The number of carbonyl (C=O) groups excluding carboxylic acids is 4. The van der Waals surface area contributed by atoms with Crippen molar-refractivity contribution in [1.29, 1.82) is 0 Å². The van der Waals surface area contributed by atoms with Crippen LogP contribution >= 0.6 is 0 Å². The van der Waals surface area contributed by atoms with E-state index in [4.69, 9.17) is 9.47 Å². The van der Waals surface area contributed by atoms with Crippen molar-refractivity contribution in [3.05, 3.63) is 118 Å². The summed E-state index contributed by atoms with van der Waals surface area (Å²) < 4.78 is 10.2. The monoisotopic (exact) mass is 482 g/mol. The quantitative estimate of drug-likeness (QED) is 0.127. The zero-order valence-corrected chi connectivity index (χ0v) is 20.1. The summed E-state index contributed by atoms with van der Waals surface area (Å²) in [6.45, 7) is 3.60. The Morgan fingerprint density at radius 3 is 1.19 bits per heavy atom. The lowest BCUT2D eigenvalue weighted by Crippen LogP contribution is -2.16. The normalized spacial score (nSPS) is 11.5. The molecule has 6 nitrogen and oxygen atoms in total. The number of Topliss-reactive ketones (excluding diaryl/α,β-unsaturated/α-hetero) is 2. The maximum atomic E-state index is 13.0. The van der Waals surface area contributed by atoms with E-state index in [9.17, 15) is 19.2 Å². The predicted octanol–water partition coefficient (Wildman–Crippen LogP) is 5.35. The molecule has 0 spiro atoms. The highest BCUT2D eigenvalue weighted by molar-refractivity contribution is 6.27. The first-order chi connectivity index (χ1) is 17.4. The van der Waals surface area contributed by atoms with Crippen LogP contribution in [0.4, 0.5) is 0 Å². The van der Waals surface area contributed by atoms with Crippen molar-refractivity contribution < 1.29 is 28.7 Å². The van der Waals surface area contributed by atoms with Gasteiger partial charge in [-0.3, -0.25) is 9.59 Å². The van der Waals surface area contributed by atoms with Crippen molar-refractivity contribution in [3.63, 3.8) is 0 Å². The van der Waals surface area contributed by atoms with Crippen LogP contribution in [-0.2, 0) is 19.1 Å². The maximum Gasteiger partial charge on any atom is 0.342 e. The van der Waals surface area contributed by atoms with Gasteiger partial charge in [-0.15, -0.1) is 0 Å². The van der Waals surface area contributed by atoms with Crippen LogP contribution in [0.1, 0.15) is 45.7 Å². The van der Waals surface area contributed by atoms with E-state index in [1.165, 1.54) is 12.2 Å². The number of hydrogen-bond donors (Lipinski definition) is 0. The molecule has 0 atom stereocenters. The number of esters is 2. The second-order valence-electron chi connectivity index (χ2n) is 7.61. The Hall–Kier alpha value is -4.58. The average molecular weight is 483 g/mol. The van der Waals surface area contributed by atoms with Gasteiger partial charge in [0.15, 0.2) is 11.6 Å². The summed E-state index contributed by atoms with van der Waals surface area (Å²) in [5, 5.41) is 0. The molecule has 0 aliphatic carbocycles. The lowest BCUT2D eigenvalue weighted by Gasteiger charge is -2.08. The second kappa shape index (κ2) is 12.8. The molecule has 3 aromatic carbocycles. The van der Waals surface area contributed by atoms with Gasteiger partial charge in [-0.05, 0) is 37.1 Å². The smallest absolute Gasteiger partial charge is 0.342 e. The fraction of sp³-hybridized carbons (Fsp3) is 0.133. The van der Waals surface area contributed by atoms with Crippen LogP contribution in [0.25, 0.3) is 12.2 Å². The van der Waals surface area contributed by atoms with Gasteiger partial charge in [-0.1, -0.05) is 84.9 Å². The molecule has 0 heterocycles. The van der Waals surface area contributed by atoms with E-state index in [-0.39, 0.29) is 24.4 Å². The molecule has 3 aromatic rings. The van der Waals surface area contributed by atoms with E-state index in [0.29, 0.717) is 22.3 Å². The zero-order valence-electron chi connectivity index (χ0n) is 20.1. The van der Waals surface area contributed by atoms with Gasteiger partial charge >= 0.3 is 11.9 Å². The average Bonchev–Trinajstić information content (AvgIpc) is 2.91. The molecule has 0 aromatic heterocycles. The van der Waals surface area contributed by atoms with Gasteiger partial charge in [-0.2, -0.15) is 0 Å². The molecule has 0 saturated carbocycles. The molecule has 0 aliphatic heterocycles. The van der Waals surface area contributed by atoms with Crippen LogP contribution in [0.2, 0.25) is 0 Å². The summed E-state index contributed by atoms with van der Waals surface area (Å²) in [4.78, 5) is 50.9. The number of hydrogen-bond acceptors (Lipinski definition) is 6. The van der Waals surface area contributed by atoms with Crippen LogP contribution in [0.5, 0.6) is 0 Å². The SMILES string of the molecule is CCOC(=O)/C(=C\c1ccc(/C=C(\C(=O)OCC)C(=O)c2ccccc2)cc1)C(=O)c1ccccc1. The summed E-state index contributed by atoms with van der Waals surface area (Å²) >= 11 is 0. The van der Waals surface area contributed by atoms with E-state index in [0.717, 1.165) is 0 Å². The molecular formula is C30H26O6. The highest BCUT2D eigenvalue weighted by Crippen LogP contribution is 2.18. The number of carbonyl (C=O) groups is 4. The second-order valence-corrected chi connectivity index (χ2v) is 7.61. The van der Waals surface area contributed by atoms with E-state index < -0.39 is 23.5 Å². The van der Waals surface area contributed by atoms with Crippen LogP contribution in [0.3, 0.4) is 0 Å². The number of benzene rings is 3.